The van der Waals surface area contributed by atoms with Crippen LogP contribution in [0.4, 0.5) is 0 Å². The first-order chi connectivity index (χ1) is 7.38. The largest absolute Gasteiger partial charge is 0.356 e. The van der Waals surface area contributed by atoms with Crippen molar-refractivity contribution in [3.05, 3.63) is 0 Å². The second-order valence-corrected chi connectivity index (χ2v) is 4.88. The first kappa shape index (κ1) is 10.8. The maximum atomic E-state index is 4.25. The zero-order valence-corrected chi connectivity index (χ0v) is 9.76. The molecule has 0 unspecified atom stereocenters. The molecule has 3 nitrogen and oxygen atoms in total. The van der Waals surface area contributed by atoms with Gasteiger partial charge in [-0.15, -0.1) is 0 Å². The Morgan fingerprint density at radius 3 is 2.47 bits per heavy atom. The van der Waals surface area contributed by atoms with Gasteiger partial charge in [-0.25, -0.2) is 0 Å². The molecule has 86 valence electrons. The fourth-order valence-electron chi connectivity index (χ4n) is 2.25. The third kappa shape index (κ3) is 3.73. The molecule has 0 aromatic heterocycles. The lowest BCUT2D eigenvalue weighted by Gasteiger charge is -2.22. The molecular weight excluding hydrogens is 186 g/mol. The Bertz CT molecular complexity index is 215. The van der Waals surface area contributed by atoms with Gasteiger partial charge in [-0.1, -0.05) is 19.3 Å². The molecule has 2 fully saturated rings. The molecule has 2 rings (SSSR count). The summed E-state index contributed by atoms with van der Waals surface area (Å²) in [6, 6.07) is 0.697. The number of aliphatic imine (C=N–C) groups is 1. The maximum Gasteiger partial charge on any atom is 0.191 e. The van der Waals surface area contributed by atoms with E-state index < -0.39 is 0 Å². The molecule has 3 heteroatoms. The highest BCUT2D eigenvalue weighted by Crippen LogP contribution is 2.23. The van der Waals surface area contributed by atoms with Gasteiger partial charge in [0.25, 0.3) is 0 Å². The lowest BCUT2D eigenvalue weighted by Crippen LogP contribution is -2.41. The van der Waals surface area contributed by atoms with Crippen LogP contribution < -0.4 is 10.6 Å². The third-order valence-corrected chi connectivity index (χ3v) is 3.42. The Morgan fingerprint density at radius 1 is 1.13 bits per heavy atom. The van der Waals surface area contributed by atoms with E-state index in [1.165, 1.54) is 44.9 Å². The van der Waals surface area contributed by atoms with Crippen LogP contribution in [-0.2, 0) is 0 Å². The van der Waals surface area contributed by atoms with Crippen molar-refractivity contribution in [3.8, 4) is 0 Å². The molecule has 15 heavy (non-hydrogen) atoms. The molecule has 0 radical (unpaired) electrons. The minimum Gasteiger partial charge on any atom is -0.356 e. The molecule has 2 N–H and O–H groups in total. The smallest absolute Gasteiger partial charge is 0.191 e. The number of hydrogen-bond acceptors (Lipinski definition) is 1. The van der Waals surface area contributed by atoms with Crippen LogP contribution in [-0.4, -0.2) is 25.6 Å². The molecule has 0 saturated heterocycles. The Hall–Kier alpha value is -0.730. The van der Waals surface area contributed by atoms with Crippen LogP contribution in [0, 0.1) is 5.92 Å². The van der Waals surface area contributed by atoms with Crippen molar-refractivity contribution in [1.29, 1.82) is 0 Å². The predicted octanol–water partition coefficient (Wildman–Crippen LogP) is 1.89. The van der Waals surface area contributed by atoms with Gasteiger partial charge in [-0.2, -0.15) is 0 Å². The van der Waals surface area contributed by atoms with Gasteiger partial charge in [-0.3, -0.25) is 4.99 Å². The average Bonchev–Trinajstić information content (AvgIpc) is 3.09. The summed E-state index contributed by atoms with van der Waals surface area (Å²) in [5.74, 6) is 1.87. The first-order valence-corrected chi connectivity index (χ1v) is 6.35. The highest BCUT2D eigenvalue weighted by Gasteiger charge is 2.22. The topological polar surface area (TPSA) is 36.4 Å². The van der Waals surface area contributed by atoms with Crippen molar-refractivity contribution in [2.75, 3.05) is 13.6 Å². The van der Waals surface area contributed by atoms with Gasteiger partial charge < -0.3 is 10.6 Å². The molecule has 2 aliphatic rings. The summed E-state index contributed by atoms with van der Waals surface area (Å²) >= 11 is 0. The van der Waals surface area contributed by atoms with E-state index in [0.29, 0.717) is 6.04 Å². The van der Waals surface area contributed by atoms with Crippen LogP contribution in [0.2, 0.25) is 0 Å². The van der Waals surface area contributed by atoms with Gasteiger partial charge >= 0.3 is 0 Å². The normalized spacial score (nSPS) is 23.9. The number of guanidine groups is 1. The van der Waals surface area contributed by atoms with Gasteiger partial charge in [0, 0.05) is 19.6 Å². The second-order valence-electron chi connectivity index (χ2n) is 4.88. The monoisotopic (exact) mass is 209 g/mol. The quantitative estimate of drug-likeness (QED) is 0.550. The lowest BCUT2D eigenvalue weighted by molar-refractivity contribution is 0.355. The van der Waals surface area contributed by atoms with E-state index >= 15 is 0 Å². The fourth-order valence-corrected chi connectivity index (χ4v) is 2.25. The summed E-state index contributed by atoms with van der Waals surface area (Å²) in [7, 11) is 1.86. The summed E-state index contributed by atoms with van der Waals surface area (Å²) in [4.78, 5) is 4.25. The maximum absolute atomic E-state index is 4.25. The van der Waals surface area contributed by atoms with E-state index in [1.54, 1.807) is 0 Å². The van der Waals surface area contributed by atoms with Crippen LogP contribution in [0.5, 0.6) is 0 Å². The lowest BCUT2D eigenvalue weighted by atomic mass is 9.89. The van der Waals surface area contributed by atoms with Crippen LogP contribution in [0.1, 0.15) is 44.9 Å². The Morgan fingerprint density at radius 2 is 1.87 bits per heavy atom. The number of nitrogens with zero attached hydrogens (tertiary/aromatic N) is 1. The summed E-state index contributed by atoms with van der Waals surface area (Å²) in [5.41, 5.74) is 0. The Kier molecular flexibility index (Phi) is 3.87. The summed E-state index contributed by atoms with van der Waals surface area (Å²) in [6.45, 7) is 1.10. The van der Waals surface area contributed by atoms with E-state index in [9.17, 15) is 0 Å². The Balaban J connectivity index is 1.65. The van der Waals surface area contributed by atoms with Gasteiger partial charge in [0.05, 0.1) is 0 Å². The minimum atomic E-state index is 0.697. The molecule has 2 saturated carbocycles. The van der Waals surface area contributed by atoms with Gasteiger partial charge in [0.2, 0.25) is 0 Å². The van der Waals surface area contributed by atoms with Crippen molar-refractivity contribution < 1.29 is 0 Å². The van der Waals surface area contributed by atoms with Crippen molar-refractivity contribution in [2.45, 2.75) is 51.0 Å². The molecule has 0 amide bonds. The number of nitrogens with one attached hydrogen (secondary N) is 2. The predicted molar refractivity (Wildman–Crippen MR) is 64.1 cm³/mol. The van der Waals surface area contributed by atoms with E-state index in [1.807, 2.05) is 7.05 Å². The standard InChI is InChI=1S/C12H23N3/c1-13-12(15-11-7-8-11)14-9-10-5-3-2-4-6-10/h10-11H,2-9H2,1H3,(H2,13,14,15). The van der Waals surface area contributed by atoms with E-state index in [-0.39, 0.29) is 0 Å². The highest BCUT2D eigenvalue weighted by atomic mass is 15.2. The highest BCUT2D eigenvalue weighted by molar-refractivity contribution is 5.80. The van der Waals surface area contributed by atoms with Gasteiger partial charge in [0.15, 0.2) is 5.96 Å². The van der Waals surface area contributed by atoms with Crippen LogP contribution in [0.15, 0.2) is 4.99 Å². The summed E-state index contributed by atoms with van der Waals surface area (Å²) in [6.07, 6.45) is 9.68. The first-order valence-electron chi connectivity index (χ1n) is 6.35. The fraction of sp³-hybridized carbons (Fsp3) is 0.917. The van der Waals surface area contributed by atoms with Crippen molar-refractivity contribution in [3.63, 3.8) is 0 Å². The zero-order chi connectivity index (χ0) is 10.5. The third-order valence-electron chi connectivity index (χ3n) is 3.42. The molecule has 0 aromatic rings. The minimum absolute atomic E-state index is 0.697. The van der Waals surface area contributed by atoms with Gasteiger partial charge in [-0.05, 0) is 31.6 Å². The molecular formula is C12H23N3. The zero-order valence-electron chi connectivity index (χ0n) is 9.76. The molecule has 0 spiro atoms. The van der Waals surface area contributed by atoms with E-state index in [0.717, 1.165) is 18.4 Å². The molecule has 0 aliphatic heterocycles. The summed E-state index contributed by atoms with van der Waals surface area (Å²) < 4.78 is 0. The second kappa shape index (κ2) is 5.38. The van der Waals surface area contributed by atoms with Gasteiger partial charge in [0.1, 0.15) is 0 Å². The molecule has 0 heterocycles. The molecule has 0 aromatic carbocycles. The number of rotatable bonds is 3. The average molecular weight is 209 g/mol. The molecule has 0 atom stereocenters. The number of hydrogen-bond donors (Lipinski definition) is 2. The van der Waals surface area contributed by atoms with Crippen LogP contribution in [0.3, 0.4) is 0 Å². The van der Waals surface area contributed by atoms with Crippen molar-refractivity contribution in [1.82, 2.24) is 10.6 Å². The van der Waals surface area contributed by atoms with Crippen LogP contribution in [0.25, 0.3) is 0 Å². The molecule has 2 aliphatic carbocycles. The summed E-state index contributed by atoms with van der Waals surface area (Å²) in [5, 5.41) is 6.87. The Labute approximate surface area is 92.7 Å². The van der Waals surface area contributed by atoms with Crippen LogP contribution >= 0.6 is 0 Å². The molecule has 0 bridgehead atoms. The van der Waals surface area contributed by atoms with E-state index in [2.05, 4.69) is 15.6 Å². The SMILES string of the molecule is CN=C(NCC1CCCCC1)NC1CC1. The van der Waals surface area contributed by atoms with E-state index in [4.69, 9.17) is 0 Å². The van der Waals surface area contributed by atoms with Crippen molar-refractivity contribution >= 4 is 5.96 Å². The van der Waals surface area contributed by atoms with Crippen molar-refractivity contribution in [2.24, 2.45) is 10.9 Å².